The van der Waals surface area contributed by atoms with E-state index in [4.69, 9.17) is 4.74 Å². The normalized spacial score (nSPS) is 11.2. The van der Waals surface area contributed by atoms with Crippen LogP contribution in [0.3, 0.4) is 0 Å². The number of nitrogens with one attached hydrogen (secondary N) is 1. The number of hydrogen-bond donors (Lipinski definition) is 1. The van der Waals surface area contributed by atoms with Crippen LogP contribution < -0.4 is 10.2 Å². The van der Waals surface area contributed by atoms with Crippen molar-refractivity contribution in [2.24, 2.45) is 0 Å². The third-order valence-electron chi connectivity index (χ3n) is 2.54. The summed E-state index contributed by atoms with van der Waals surface area (Å²) in [6.07, 6.45) is -0.538. The Bertz CT molecular complexity index is 345. The first-order valence-corrected chi connectivity index (χ1v) is 7.25. The molecule has 0 bridgehead atoms. The van der Waals surface area contributed by atoms with E-state index < -0.39 is 13.0 Å². The smallest absolute Gasteiger partial charge is 0.261 e. The summed E-state index contributed by atoms with van der Waals surface area (Å²) in [5.41, 5.74) is 0. The van der Waals surface area contributed by atoms with Crippen molar-refractivity contribution in [2.45, 2.75) is 26.8 Å². The van der Waals surface area contributed by atoms with E-state index in [0.29, 0.717) is 19.7 Å². The second-order valence-corrected chi connectivity index (χ2v) is 5.02. The maximum atomic E-state index is 11.8. The summed E-state index contributed by atoms with van der Waals surface area (Å²) >= 11 is 1.65. The monoisotopic (exact) mass is 293 g/mol. The molecule has 0 amide bonds. The highest BCUT2D eigenvalue weighted by Gasteiger charge is 2.07. The Kier molecular flexibility index (Phi) is 7.85. The van der Waals surface area contributed by atoms with E-state index in [9.17, 15) is 8.78 Å². The molecule has 110 valence electrons. The highest BCUT2D eigenvalue weighted by molar-refractivity contribution is 7.15. The van der Waals surface area contributed by atoms with Crippen LogP contribution in [-0.4, -0.2) is 44.3 Å². The lowest BCUT2D eigenvalue weighted by Crippen LogP contribution is -2.21. The number of ether oxygens (including phenoxy) is 1. The van der Waals surface area contributed by atoms with Crippen LogP contribution >= 0.6 is 11.3 Å². The SMILES string of the molecule is CCN(CC)c1ncc(CNCCOCC(F)F)s1. The van der Waals surface area contributed by atoms with Gasteiger partial charge in [-0.2, -0.15) is 0 Å². The zero-order valence-corrected chi connectivity index (χ0v) is 12.2. The lowest BCUT2D eigenvalue weighted by atomic mass is 10.5. The highest BCUT2D eigenvalue weighted by atomic mass is 32.1. The first-order chi connectivity index (χ1) is 9.17. The van der Waals surface area contributed by atoms with E-state index in [1.165, 1.54) is 0 Å². The second kappa shape index (κ2) is 9.17. The van der Waals surface area contributed by atoms with E-state index in [1.807, 2.05) is 6.20 Å². The van der Waals surface area contributed by atoms with Crippen LogP contribution in [0, 0.1) is 0 Å². The molecule has 1 aromatic heterocycles. The molecule has 0 aliphatic rings. The summed E-state index contributed by atoms with van der Waals surface area (Å²) < 4.78 is 28.4. The number of hydrogen-bond acceptors (Lipinski definition) is 5. The van der Waals surface area contributed by atoms with Gasteiger partial charge in [0, 0.05) is 37.3 Å². The molecule has 0 aliphatic heterocycles. The maximum Gasteiger partial charge on any atom is 0.261 e. The summed E-state index contributed by atoms with van der Waals surface area (Å²) in [6, 6.07) is 0. The van der Waals surface area contributed by atoms with Crippen LogP contribution in [0.5, 0.6) is 0 Å². The molecular weight excluding hydrogens is 272 g/mol. The van der Waals surface area contributed by atoms with Gasteiger partial charge in [0.2, 0.25) is 0 Å². The van der Waals surface area contributed by atoms with E-state index in [0.717, 1.165) is 23.1 Å². The second-order valence-electron chi connectivity index (χ2n) is 3.92. The molecule has 0 spiro atoms. The Labute approximate surface area is 116 Å². The van der Waals surface area contributed by atoms with Gasteiger partial charge in [-0.3, -0.25) is 0 Å². The fraction of sp³-hybridized carbons (Fsp3) is 0.750. The number of nitrogens with zero attached hydrogens (tertiary/aromatic N) is 2. The molecule has 0 unspecified atom stereocenters. The van der Waals surface area contributed by atoms with E-state index in [2.05, 4.69) is 29.0 Å². The lowest BCUT2D eigenvalue weighted by Gasteiger charge is -2.16. The summed E-state index contributed by atoms with van der Waals surface area (Å²) in [5, 5.41) is 4.17. The zero-order chi connectivity index (χ0) is 14.1. The third kappa shape index (κ3) is 6.26. The van der Waals surface area contributed by atoms with Crippen molar-refractivity contribution in [3.05, 3.63) is 11.1 Å². The molecule has 0 radical (unpaired) electrons. The van der Waals surface area contributed by atoms with Crippen LogP contribution in [-0.2, 0) is 11.3 Å². The molecule has 0 aromatic carbocycles. The summed E-state index contributed by atoms with van der Waals surface area (Å²) in [6.45, 7) is 7.14. The Morgan fingerprint density at radius 3 is 2.79 bits per heavy atom. The molecule has 1 rings (SSSR count). The molecule has 1 N–H and O–H groups in total. The molecule has 4 nitrogen and oxygen atoms in total. The van der Waals surface area contributed by atoms with Gasteiger partial charge in [0.1, 0.15) is 6.61 Å². The van der Waals surface area contributed by atoms with Crippen LogP contribution in [0.4, 0.5) is 13.9 Å². The molecule has 0 aliphatic carbocycles. The number of halogens is 2. The zero-order valence-electron chi connectivity index (χ0n) is 11.4. The van der Waals surface area contributed by atoms with Crippen LogP contribution in [0.2, 0.25) is 0 Å². The molecule has 0 saturated carbocycles. The van der Waals surface area contributed by atoms with Crippen molar-refractivity contribution < 1.29 is 13.5 Å². The fourth-order valence-electron chi connectivity index (χ4n) is 1.55. The molecule has 19 heavy (non-hydrogen) atoms. The van der Waals surface area contributed by atoms with E-state index in [-0.39, 0.29) is 0 Å². The van der Waals surface area contributed by atoms with Gasteiger partial charge in [-0.15, -0.1) is 11.3 Å². The molecule has 0 atom stereocenters. The molecule has 0 fully saturated rings. The number of thiazole rings is 1. The maximum absolute atomic E-state index is 11.8. The molecule has 1 aromatic rings. The third-order valence-corrected chi connectivity index (χ3v) is 3.60. The van der Waals surface area contributed by atoms with Gasteiger partial charge in [0.15, 0.2) is 5.13 Å². The molecule has 1 heterocycles. The van der Waals surface area contributed by atoms with Crippen molar-refractivity contribution in [1.82, 2.24) is 10.3 Å². The van der Waals surface area contributed by atoms with Crippen molar-refractivity contribution in [3.63, 3.8) is 0 Å². The molecule has 0 saturated heterocycles. The minimum absolute atomic E-state index is 0.298. The predicted octanol–water partition coefficient (Wildman–Crippen LogP) is 2.36. The summed E-state index contributed by atoms with van der Waals surface area (Å²) in [4.78, 5) is 7.70. The standard InChI is InChI=1S/C12H21F2N3OS/c1-3-17(4-2)12-16-8-10(19-12)7-15-5-6-18-9-11(13)14/h8,11,15H,3-7,9H2,1-2H3. The van der Waals surface area contributed by atoms with Crippen molar-refractivity contribution in [1.29, 1.82) is 0 Å². The van der Waals surface area contributed by atoms with Crippen LogP contribution in [0.1, 0.15) is 18.7 Å². The predicted molar refractivity (Wildman–Crippen MR) is 74.2 cm³/mol. The average Bonchev–Trinajstić information content (AvgIpc) is 2.83. The highest BCUT2D eigenvalue weighted by Crippen LogP contribution is 2.21. The van der Waals surface area contributed by atoms with Gasteiger partial charge in [0.25, 0.3) is 6.43 Å². The van der Waals surface area contributed by atoms with Gasteiger partial charge in [-0.05, 0) is 13.8 Å². The lowest BCUT2D eigenvalue weighted by molar-refractivity contribution is 0.0187. The quantitative estimate of drug-likeness (QED) is 0.672. The van der Waals surface area contributed by atoms with Gasteiger partial charge in [-0.1, -0.05) is 0 Å². The summed E-state index contributed by atoms with van der Waals surface area (Å²) in [7, 11) is 0. The van der Waals surface area contributed by atoms with Gasteiger partial charge < -0.3 is 15.0 Å². The molecular formula is C12H21F2N3OS. The minimum Gasteiger partial charge on any atom is -0.374 e. The summed E-state index contributed by atoms with van der Waals surface area (Å²) in [5.74, 6) is 0. The van der Waals surface area contributed by atoms with Crippen LogP contribution in [0.25, 0.3) is 0 Å². The molecule has 7 heteroatoms. The van der Waals surface area contributed by atoms with Gasteiger partial charge in [-0.25, -0.2) is 13.8 Å². The number of alkyl halides is 2. The Morgan fingerprint density at radius 2 is 2.16 bits per heavy atom. The van der Waals surface area contributed by atoms with Gasteiger partial charge >= 0.3 is 0 Å². The van der Waals surface area contributed by atoms with Crippen molar-refractivity contribution in [2.75, 3.05) is 37.7 Å². The topological polar surface area (TPSA) is 37.4 Å². The average molecular weight is 293 g/mol. The fourth-order valence-corrected chi connectivity index (χ4v) is 2.55. The van der Waals surface area contributed by atoms with Gasteiger partial charge in [0.05, 0.1) is 6.61 Å². The number of anilines is 1. The number of aromatic nitrogens is 1. The Balaban J connectivity index is 2.19. The largest absolute Gasteiger partial charge is 0.374 e. The minimum atomic E-state index is -2.39. The first kappa shape index (κ1) is 16.3. The Hall–Kier alpha value is -0.790. The van der Waals surface area contributed by atoms with Crippen LogP contribution in [0.15, 0.2) is 6.20 Å². The van der Waals surface area contributed by atoms with E-state index >= 15 is 0 Å². The van der Waals surface area contributed by atoms with Crippen molar-refractivity contribution >= 4 is 16.5 Å². The Morgan fingerprint density at radius 1 is 1.42 bits per heavy atom. The number of rotatable bonds is 10. The van der Waals surface area contributed by atoms with E-state index in [1.54, 1.807) is 11.3 Å². The first-order valence-electron chi connectivity index (χ1n) is 6.43. The van der Waals surface area contributed by atoms with Crippen molar-refractivity contribution in [3.8, 4) is 0 Å².